The van der Waals surface area contributed by atoms with Gasteiger partial charge in [0.2, 0.25) is 0 Å². The minimum atomic E-state index is -0.535. The van der Waals surface area contributed by atoms with E-state index in [0.717, 1.165) is 22.9 Å². The molecule has 0 aliphatic heterocycles. The minimum absolute atomic E-state index is 0.213. The molecule has 0 amide bonds. The summed E-state index contributed by atoms with van der Waals surface area (Å²) in [5, 5.41) is 2.41. The predicted octanol–water partition coefficient (Wildman–Crippen LogP) is 4.60. The third-order valence-corrected chi connectivity index (χ3v) is 4.88. The first-order valence-electron chi connectivity index (χ1n) is 9.07. The van der Waals surface area contributed by atoms with E-state index in [2.05, 4.69) is 42.5 Å². The van der Waals surface area contributed by atoms with E-state index < -0.39 is 12.1 Å². The van der Waals surface area contributed by atoms with E-state index in [-0.39, 0.29) is 18.5 Å². The molecule has 0 heterocycles. The Morgan fingerprint density at radius 3 is 2.77 bits per heavy atom. The van der Waals surface area contributed by atoms with Gasteiger partial charge in [0.15, 0.2) is 6.61 Å². The van der Waals surface area contributed by atoms with E-state index in [4.69, 9.17) is 9.47 Å². The van der Waals surface area contributed by atoms with Crippen LogP contribution in [0.25, 0.3) is 16.8 Å². The number of rotatable bonds is 6. The van der Waals surface area contributed by atoms with Crippen molar-refractivity contribution >= 4 is 28.8 Å². The number of esters is 2. The lowest BCUT2D eigenvalue weighted by molar-refractivity contribution is -0.164. The van der Waals surface area contributed by atoms with Crippen LogP contribution in [-0.4, -0.2) is 18.5 Å². The van der Waals surface area contributed by atoms with E-state index >= 15 is 0 Å². The van der Waals surface area contributed by atoms with E-state index in [1.165, 1.54) is 10.9 Å². The first-order valence-corrected chi connectivity index (χ1v) is 9.07. The topological polar surface area (TPSA) is 52.6 Å². The molecule has 136 valence electrons. The van der Waals surface area contributed by atoms with Crippen LogP contribution in [-0.2, 0) is 25.5 Å². The molecule has 26 heavy (non-hydrogen) atoms. The standard InChI is InChI=1S/C22H24O4/c1-4-14(2)22(24)25-13-20(23)26-15(3)19-11-17-9-5-7-16-8-6-10-18(12-19)21(16)17/h5-7,9-12,14-15H,4,8,13H2,1-3H3. The summed E-state index contributed by atoms with van der Waals surface area (Å²) in [5.74, 6) is -1.12. The van der Waals surface area contributed by atoms with Crippen molar-refractivity contribution in [2.24, 2.45) is 5.92 Å². The summed E-state index contributed by atoms with van der Waals surface area (Å²) < 4.78 is 10.5. The van der Waals surface area contributed by atoms with Gasteiger partial charge in [-0.2, -0.15) is 0 Å². The van der Waals surface area contributed by atoms with Crippen molar-refractivity contribution in [3.05, 3.63) is 53.1 Å². The van der Waals surface area contributed by atoms with Gasteiger partial charge >= 0.3 is 11.9 Å². The summed E-state index contributed by atoms with van der Waals surface area (Å²) in [5.41, 5.74) is 3.39. The molecule has 0 fully saturated rings. The molecule has 4 nitrogen and oxygen atoms in total. The lowest BCUT2D eigenvalue weighted by atomic mass is 9.90. The van der Waals surface area contributed by atoms with Gasteiger partial charge in [0.25, 0.3) is 0 Å². The van der Waals surface area contributed by atoms with Crippen LogP contribution in [0.2, 0.25) is 0 Å². The average molecular weight is 352 g/mol. The molecule has 0 N–H and O–H groups in total. The molecule has 0 saturated heterocycles. The fourth-order valence-electron chi connectivity index (χ4n) is 3.15. The van der Waals surface area contributed by atoms with Crippen LogP contribution in [0.3, 0.4) is 0 Å². The molecule has 1 aliphatic rings. The molecule has 2 aromatic rings. The molecule has 4 heteroatoms. The minimum Gasteiger partial charge on any atom is -0.455 e. The van der Waals surface area contributed by atoms with Gasteiger partial charge in [-0.15, -0.1) is 0 Å². The highest BCUT2D eigenvalue weighted by Crippen LogP contribution is 2.32. The van der Waals surface area contributed by atoms with Gasteiger partial charge in [-0.05, 0) is 59.4 Å². The van der Waals surface area contributed by atoms with Crippen LogP contribution in [0, 0.1) is 5.92 Å². The van der Waals surface area contributed by atoms with Crippen molar-refractivity contribution in [3.63, 3.8) is 0 Å². The van der Waals surface area contributed by atoms with Gasteiger partial charge in [-0.25, -0.2) is 4.79 Å². The molecule has 1 aliphatic carbocycles. The predicted molar refractivity (Wildman–Crippen MR) is 102 cm³/mol. The summed E-state index contributed by atoms with van der Waals surface area (Å²) >= 11 is 0. The number of hydrogen-bond donors (Lipinski definition) is 0. The number of benzene rings is 2. The highest BCUT2D eigenvalue weighted by atomic mass is 16.6. The Balaban J connectivity index is 1.70. The van der Waals surface area contributed by atoms with Gasteiger partial charge in [0.05, 0.1) is 5.92 Å². The van der Waals surface area contributed by atoms with Crippen molar-refractivity contribution in [1.29, 1.82) is 0 Å². The fraction of sp³-hybridized carbons (Fsp3) is 0.364. The second-order valence-electron chi connectivity index (χ2n) is 6.78. The molecular weight excluding hydrogens is 328 g/mol. The highest BCUT2D eigenvalue weighted by molar-refractivity contribution is 5.95. The Kier molecular flexibility index (Phi) is 5.40. The van der Waals surface area contributed by atoms with Gasteiger partial charge in [-0.3, -0.25) is 4.79 Å². The Hall–Kier alpha value is -2.62. The summed E-state index contributed by atoms with van der Waals surface area (Å²) in [7, 11) is 0. The number of allylic oxidation sites excluding steroid dienone is 1. The summed E-state index contributed by atoms with van der Waals surface area (Å²) in [6.45, 7) is 5.16. The molecule has 0 aromatic heterocycles. The number of carbonyl (C=O) groups excluding carboxylic acids is 2. The van der Waals surface area contributed by atoms with Crippen LogP contribution in [0.4, 0.5) is 0 Å². The van der Waals surface area contributed by atoms with Crippen LogP contribution >= 0.6 is 0 Å². The molecule has 0 saturated carbocycles. The third-order valence-electron chi connectivity index (χ3n) is 4.88. The van der Waals surface area contributed by atoms with E-state index in [9.17, 15) is 9.59 Å². The van der Waals surface area contributed by atoms with Crippen molar-refractivity contribution in [3.8, 4) is 0 Å². The fourth-order valence-corrected chi connectivity index (χ4v) is 3.15. The van der Waals surface area contributed by atoms with Crippen LogP contribution in [0.1, 0.15) is 50.0 Å². The summed E-state index contributed by atoms with van der Waals surface area (Å²) in [4.78, 5) is 23.7. The molecule has 0 radical (unpaired) electrons. The monoisotopic (exact) mass is 352 g/mol. The van der Waals surface area contributed by atoms with Gasteiger partial charge in [0.1, 0.15) is 6.10 Å². The molecule has 2 aromatic carbocycles. The van der Waals surface area contributed by atoms with Crippen molar-refractivity contribution in [2.75, 3.05) is 6.61 Å². The molecule has 0 spiro atoms. The maximum atomic E-state index is 12.0. The highest BCUT2D eigenvalue weighted by Gasteiger charge is 2.18. The van der Waals surface area contributed by atoms with Crippen LogP contribution in [0.15, 0.2) is 36.4 Å². The Labute approximate surface area is 153 Å². The van der Waals surface area contributed by atoms with Crippen LogP contribution < -0.4 is 0 Å². The largest absolute Gasteiger partial charge is 0.455 e. The van der Waals surface area contributed by atoms with Gasteiger partial charge < -0.3 is 9.47 Å². The summed E-state index contributed by atoms with van der Waals surface area (Å²) in [6.07, 6.45) is 5.47. The molecule has 2 atom stereocenters. The molecule has 0 bridgehead atoms. The number of hydrogen-bond acceptors (Lipinski definition) is 4. The van der Waals surface area contributed by atoms with Gasteiger partial charge in [-0.1, -0.05) is 44.2 Å². The van der Waals surface area contributed by atoms with E-state index in [1.54, 1.807) is 6.92 Å². The van der Waals surface area contributed by atoms with Crippen LogP contribution in [0.5, 0.6) is 0 Å². The average Bonchev–Trinajstić information content (AvgIpc) is 2.65. The second kappa shape index (κ2) is 7.73. The normalized spacial score (nSPS) is 14.7. The van der Waals surface area contributed by atoms with Crippen molar-refractivity contribution < 1.29 is 19.1 Å². The zero-order valence-electron chi connectivity index (χ0n) is 15.5. The van der Waals surface area contributed by atoms with Crippen molar-refractivity contribution in [2.45, 2.75) is 39.7 Å². The Bertz CT molecular complexity index is 866. The lowest BCUT2D eigenvalue weighted by Gasteiger charge is -2.18. The zero-order valence-corrected chi connectivity index (χ0v) is 15.5. The third kappa shape index (κ3) is 3.79. The first-order chi connectivity index (χ1) is 12.5. The van der Waals surface area contributed by atoms with E-state index in [0.29, 0.717) is 6.42 Å². The second-order valence-corrected chi connectivity index (χ2v) is 6.78. The van der Waals surface area contributed by atoms with E-state index in [1.807, 2.05) is 13.8 Å². The zero-order chi connectivity index (χ0) is 18.7. The Morgan fingerprint density at radius 2 is 2.00 bits per heavy atom. The maximum Gasteiger partial charge on any atom is 0.344 e. The molecular formula is C22H24O4. The number of ether oxygens (including phenoxy) is 2. The Morgan fingerprint density at radius 1 is 1.19 bits per heavy atom. The first kappa shape index (κ1) is 18.2. The summed E-state index contributed by atoms with van der Waals surface area (Å²) in [6, 6.07) is 10.4. The maximum absolute atomic E-state index is 12.0. The van der Waals surface area contributed by atoms with Crippen molar-refractivity contribution in [1.82, 2.24) is 0 Å². The number of carbonyl (C=O) groups is 2. The smallest absolute Gasteiger partial charge is 0.344 e. The quantitative estimate of drug-likeness (QED) is 0.713. The SMILES string of the molecule is CCC(C)C(=O)OCC(=O)OC(C)c1cc2c3c(cccc3c1)CC=C2. The molecule has 3 rings (SSSR count). The molecule has 2 unspecified atom stereocenters. The van der Waals surface area contributed by atoms with Gasteiger partial charge in [0, 0.05) is 0 Å². The lowest BCUT2D eigenvalue weighted by Crippen LogP contribution is -2.21.